The molecule has 0 radical (unpaired) electrons. The Morgan fingerprint density at radius 2 is 2.24 bits per heavy atom. The molecule has 1 aliphatic rings. The number of nitrogens with zero attached hydrogens (tertiary/aromatic N) is 4. The van der Waals surface area contributed by atoms with Crippen molar-refractivity contribution >= 4 is 10.0 Å². The Labute approximate surface area is 122 Å². The van der Waals surface area contributed by atoms with E-state index in [1.165, 1.54) is 16.8 Å². The molecule has 3 rings (SSSR count). The number of aromatic amines is 1. The Balaban J connectivity index is 1.97. The molecule has 0 bridgehead atoms. The number of imidazole rings is 2. The van der Waals surface area contributed by atoms with Crippen LogP contribution in [0.25, 0.3) is 0 Å². The second-order valence-electron chi connectivity index (χ2n) is 5.04. The van der Waals surface area contributed by atoms with Crippen LogP contribution in [0.2, 0.25) is 0 Å². The third-order valence-electron chi connectivity index (χ3n) is 3.37. The largest absolute Gasteiger partial charge is 0.378 e. The highest BCUT2D eigenvalue weighted by Gasteiger charge is 2.37. The van der Waals surface area contributed by atoms with E-state index in [0.29, 0.717) is 12.4 Å². The second-order valence-corrected chi connectivity index (χ2v) is 6.87. The van der Waals surface area contributed by atoms with Crippen molar-refractivity contribution in [3.8, 4) is 0 Å². The molecule has 0 spiro atoms. The molecule has 8 nitrogen and oxygen atoms in total. The first-order chi connectivity index (χ1) is 9.98. The number of H-pyrrole nitrogens is 1. The van der Waals surface area contributed by atoms with Gasteiger partial charge in [-0.25, -0.2) is 18.4 Å². The Morgan fingerprint density at radius 1 is 1.43 bits per heavy atom. The van der Waals surface area contributed by atoms with Gasteiger partial charge in [0.05, 0.1) is 19.5 Å². The zero-order valence-corrected chi connectivity index (χ0v) is 12.7. The maximum absolute atomic E-state index is 12.7. The zero-order valence-electron chi connectivity index (χ0n) is 11.9. The van der Waals surface area contributed by atoms with Crippen LogP contribution in [0.5, 0.6) is 0 Å². The molecule has 0 aliphatic carbocycles. The minimum absolute atomic E-state index is 0.0418. The molecule has 1 aliphatic heterocycles. The molecule has 21 heavy (non-hydrogen) atoms. The molecule has 9 heteroatoms. The maximum Gasteiger partial charge on any atom is 0.262 e. The summed E-state index contributed by atoms with van der Waals surface area (Å²) in [5, 5.41) is 0.0418. The molecule has 1 atom stereocenters. The van der Waals surface area contributed by atoms with Crippen molar-refractivity contribution in [1.29, 1.82) is 0 Å². The number of nitrogens with one attached hydrogen (secondary N) is 1. The molecule has 3 heterocycles. The summed E-state index contributed by atoms with van der Waals surface area (Å²) in [6, 6.07) is -0.459. The summed E-state index contributed by atoms with van der Waals surface area (Å²) in [5.74, 6) is 0.590. The first-order valence-corrected chi connectivity index (χ1v) is 8.01. The van der Waals surface area contributed by atoms with Gasteiger partial charge in [0.2, 0.25) is 0 Å². The van der Waals surface area contributed by atoms with E-state index in [1.807, 2.05) is 6.92 Å². The number of hydrogen-bond acceptors (Lipinski definition) is 5. The summed E-state index contributed by atoms with van der Waals surface area (Å²) in [4.78, 5) is 11.3. The van der Waals surface area contributed by atoms with Crippen LogP contribution in [-0.2, 0) is 21.8 Å². The van der Waals surface area contributed by atoms with Gasteiger partial charge < -0.3 is 14.3 Å². The molecule has 1 N–H and O–H groups in total. The Kier molecular flexibility index (Phi) is 3.56. The topological polar surface area (TPSA) is 93.1 Å². The number of sulfonamides is 1. The zero-order chi connectivity index (χ0) is 15.0. The van der Waals surface area contributed by atoms with Gasteiger partial charge in [0.15, 0.2) is 5.03 Å². The summed E-state index contributed by atoms with van der Waals surface area (Å²) in [6.07, 6.45) is 4.64. The van der Waals surface area contributed by atoms with Gasteiger partial charge in [-0.1, -0.05) is 0 Å². The standard InChI is InChI=1S/C12H17N5O3S/c1-9-5-13-12(15-9)10-7-20-4-3-17(10)21(18,19)11-6-16(2)8-14-11/h5-6,8,10H,3-4,7H2,1-2H3,(H,13,15)/t10-/m1/s1. The fourth-order valence-corrected chi connectivity index (χ4v) is 3.87. The van der Waals surface area contributed by atoms with E-state index in [2.05, 4.69) is 15.0 Å². The number of aromatic nitrogens is 4. The smallest absolute Gasteiger partial charge is 0.262 e. The third-order valence-corrected chi connectivity index (χ3v) is 5.17. The van der Waals surface area contributed by atoms with Crippen LogP contribution in [0.1, 0.15) is 17.6 Å². The van der Waals surface area contributed by atoms with E-state index in [1.54, 1.807) is 17.8 Å². The van der Waals surface area contributed by atoms with Crippen molar-refractivity contribution in [2.45, 2.75) is 18.0 Å². The van der Waals surface area contributed by atoms with Gasteiger partial charge in [-0.2, -0.15) is 4.31 Å². The highest BCUT2D eigenvalue weighted by molar-refractivity contribution is 7.89. The fraction of sp³-hybridized carbons (Fsp3) is 0.500. The predicted octanol–water partition coefficient (Wildman–Crippen LogP) is 0.214. The lowest BCUT2D eigenvalue weighted by molar-refractivity contribution is 0.0291. The van der Waals surface area contributed by atoms with Gasteiger partial charge in [-0.15, -0.1) is 0 Å². The monoisotopic (exact) mass is 311 g/mol. The van der Waals surface area contributed by atoms with Crippen LogP contribution in [0.4, 0.5) is 0 Å². The summed E-state index contributed by atoms with van der Waals surface area (Å²) >= 11 is 0. The van der Waals surface area contributed by atoms with E-state index in [9.17, 15) is 8.42 Å². The van der Waals surface area contributed by atoms with Crippen molar-refractivity contribution in [2.75, 3.05) is 19.8 Å². The first kappa shape index (κ1) is 14.2. The Morgan fingerprint density at radius 3 is 2.86 bits per heavy atom. The second kappa shape index (κ2) is 5.24. The van der Waals surface area contributed by atoms with Crippen molar-refractivity contribution in [2.24, 2.45) is 7.05 Å². The lowest BCUT2D eigenvalue weighted by Gasteiger charge is -2.32. The van der Waals surface area contributed by atoms with Gasteiger partial charge in [0, 0.05) is 31.7 Å². The Bertz CT molecular complexity index is 736. The van der Waals surface area contributed by atoms with Gasteiger partial charge in [-0.3, -0.25) is 0 Å². The van der Waals surface area contributed by atoms with Crippen LogP contribution in [-0.4, -0.2) is 52.0 Å². The van der Waals surface area contributed by atoms with Crippen LogP contribution >= 0.6 is 0 Å². The van der Waals surface area contributed by atoms with Crippen LogP contribution in [0.3, 0.4) is 0 Å². The number of aryl methyl sites for hydroxylation is 2. The maximum atomic E-state index is 12.7. The van der Waals surface area contributed by atoms with E-state index >= 15 is 0 Å². The fourth-order valence-electron chi connectivity index (χ4n) is 2.34. The van der Waals surface area contributed by atoms with Crippen molar-refractivity contribution in [1.82, 2.24) is 23.8 Å². The summed E-state index contributed by atoms with van der Waals surface area (Å²) in [5.41, 5.74) is 0.880. The number of ether oxygens (including phenoxy) is 1. The predicted molar refractivity (Wildman–Crippen MR) is 74.0 cm³/mol. The van der Waals surface area contributed by atoms with E-state index < -0.39 is 16.1 Å². The molecular weight excluding hydrogens is 294 g/mol. The SMILES string of the molecule is Cc1cnc([C@H]2COCCN2S(=O)(=O)c2cn(C)cn2)[nH]1. The molecule has 1 saturated heterocycles. The summed E-state index contributed by atoms with van der Waals surface area (Å²) in [6.45, 7) is 2.79. The quantitative estimate of drug-likeness (QED) is 0.875. The molecule has 0 amide bonds. The molecule has 1 fully saturated rings. The van der Waals surface area contributed by atoms with Gasteiger partial charge in [-0.05, 0) is 6.92 Å². The van der Waals surface area contributed by atoms with Crippen LogP contribution in [0, 0.1) is 6.92 Å². The number of hydrogen-bond donors (Lipinski definition) is 1. The van der Waals surface area contributed by atoms with Crippen molar-refractivity contribution in [3.63, 3.8) is 0 Å². The number of morpholine rings is 1. The molecule has 114 valence electrons. The molecule has 0 aromatic carbocycles. The van der Waals surface area contributed by atoms with Crippen molar-refractivity contribution < 1.29 is 13.2 Å². The minimum atomic E-state index is -3.67. The minimum Gasteiger partial charge on any atom is -0.378 e. The molecular formula is C12H17N5O3S. The summed E-state index contributed by atoms with van der Waals surface area (Å²) in [7, 11) is -1.93. The van der Waals surface area contributed by atoms with E-state index in [4.69, 9.17) is 4.74 Å². The first-order valence-electron chi connectivity index (χ1n) is 6.57. The Hall–Kier alpha value is -1.71. The summed E-state index contributed by atoms with van der Waals surface area (Å²) < 4.78 is 33.9. The van der Waals surface area contributed by atoms with Crippen LogP contribution < -0.4 is 0 Å². The van der Waals surface area contributed by atoms with E-state index in [0.717, 1.165) is 5.69 Å². The molecule has 2 aromatic heterocycles. The van der Waals surface area contributed by atoms with Gasteiger partial charge in [0.1, 0.15) is 11.9 Å². The van der Waals surface area contributed by atoms with Gasteiger partial charge in [0.25, 0.3) is 10.0 Å². The molecule has 2 aromatic rings. The van der Waals surface area contributed by atoms with Crippen molar-refractivity contribution in [3.05, 3.63) is 30.2 Å². The number of rotatable bonds is 3. The highest BCUT2D eigenvalue weighted by Crippen LogP contribution is 2.28. The lowest BCUT2D eigenvalue weighted by Crippen LogP contribution is -2.43. The van der Waals surface area contributed by atoms with E-state index in [-0.39, 0.29) is 18.2 Å². The van der Waals surface area contributed by atoms with Gasteiger partial charge >= 0.3 is 0 Å². The third kappa shape index (κ3) is 2.59. The normalized spacial score (nSPS) is 20.8. The average molecular weight is 311 g/mol. The highest BCUT2D eigenvalue weighted by atomic mass is 32.2. The lowest BCUT2D eigenvalue weighted by atomic mass is 10.2. The average Bonchev–Trinajstić information content (AvgIpc) is 3.08. The molecule has 0 saturated carbocycles. The molecule has 0 unspecified atom stereocenters. The van der Waals surface area contributed by atoms with Crippen LogP contribution in [0.15, 0.2) is 23.7 Å².